The molecule has 0 bridgehead atoms. The largest absolute Gasteiger partial charge is 0.279 e. The van der Waals surface area contributed by atoms with E-state index < -0.39 is 25.7 Å². The van der Waals surface area contributed by atoms with Crippen LogP contribution < -0.4 is 4.72 Å². The molecule has 1 N–H and O–H groups in total. The highest BCUT2D eigenvalue weighted by Gasteiger charge is 2.23. The van der Waals surface area contributed by atoms with Gasteiger partial charge in [0, 0.05) is 15.4 Å². The predicted molar refractivity (Wildman–Crippen MR) is 110 cm³/mol. The molecular formula is C17H15BrFNO4S3. The number of fused-ring (bicyclic) bond motifs is 1. The third-order valence-corrected chi connectivity index (χ3v) is 8.42. The minimum atomic E-state index is -3.97. The Kier molecular flexibility index (Phi) is 5.37. The first-order chi connectivity index (χ1) is 12.5. The van der Waals surface area contributed by atoms with E-state index >= 15 is 0 Å². The van der Waals surface area contributed by atoms with Crippen molar-refractivity contribution >= 4 is 62.9 Å². The second-order valence-corrected chi connectivity index (χ2v) is 12.1. The highest BCUT2D eigenvalue weighted by Crippen LogP contribution is 2.36. The molecule has 0 aliphatic rings. The molecule has 27 heavy (non-hydrogen) atoms. The maximum absolute atomic E-state index is 13.5. The van der Waals surface area contributed by atoms with Crippen molar-refractivity contribution < 1.29 is 21.2 Å². The fourth-order valence-electron chi connectivity index (χ4n) is 2.68. The topological polar surface area (TPSA) is 80.3 Å². The maximum Gasteiger partial charge on any atom is 0.271 e. The van der Waals surface area contributed by atoms with E-state index in [1.54, 1.807) is 19.1 Å². The molecule has 0 saturated carbocycles. The van der Waals surface area contributed by atoms with Gasteiger partial charge >= 0.3 is 0 Å². The van der Waals surface area contributed by atoms with Crippen LogP contribution in [0.15, 0.2) is 45.1 Å². The lowest BCUT2D eigenvalue weighted by Crippen LogP contribution is -2.15. The molecule has 0 saturated heterocycles. The van der Waals surface area contributed by atoms with Gasteiger partial charge < -0.3 is 0 Å². The van der Waals surface area contributed by atoms with E-state index in [1.165, 1.54) is 24.3 Å². The molecule has 5 nitrogen and oxygen atoms in total. The Balaban J connectivity index is 2.07. The summed E-state index contributed by atoms with van der Waals surface area (Å²) in [5, 5.41) is 0.535. The van der Waals surface area contributed by atoms with Crippen LogP contribution in [0.2, 0.25) is 0 Å². The molecule has 0 amide bonds. The first-order valence-corrected chi connectivity index (χ1v) is 12.8. The molecule has 0 spiro atoms. The van der Waals surface area contributed by atoms with Crippen LogP contribution in [-0.4, -0.2) is 23.1 Å². The highest BCUT2D eigenvalue weighted by molar-refractivity contribution is 9.10. The second-order valence-electron chi connectivity index (χ2n) is 6.13. The SMILES string of the molecule is Cc1c(S(=O)(=O)Nc2ccc(Br)cc2CS(C)(=O)=O)sc2ccc(F)cc12. The molecule has 0 fully saturated rings. The number of hydrogen-bond acceptors (Lipinski definition) is 5. The van der Waals surface area contributed by atoms with E-state index in [4.69, 9.17) is 0 Å². The number of rotatable bonds is 5. The number of sulfone groups is 1. The first kappa shape index (κ1) is 20.2. The Morgan fingerprint density at radius 1 is 1.11 bits per heavy atom. The summed E-state index contributed by atoms with van der Waals surface area (Å²) >= 11 is 4.30. The zero-order chi connectivity index (χ0) is 20.0. The maximum atomic E-state index is 13.5. The number of sulfonamides is 1. The molecule has 3 aromatic rings. The van der Waals surface area contributed by atoms with E-state index in [2.05, 4.69) is 20.7 Å². The van der Waals surface area contributed by atoms with Gasteiger partial charge in [0.1, 0.15) is 10.0 Å². The molecule has 0 aliphatic heterocycles. The van der Waals surface area contributed by atoms with Crippen LogP contribution >= 0.6 is 27.3 Å². The van der Waals surface area contributed by atoms with E-state index in [9.17, 15) is 21.2 Å². The lowest BCUT2D eigenvalue weighted by molar-refractivity contribution is 0.599. The van der Waals surface area contributed by atoms with Gasteiger partial charge in [-0.2, -0.15) is 0 Å². The van der Waals surface area contributed by atoms with E-state index in [-0.39, 0.29) is 15.6 Å². The van der Waals surface area contributed by atoms with Gasteiger partial charge in [0.15, 0.2) is 9.84 Å². The van der Waals surface area contributed by atoms with Gasteiger partial charge in [0.2, 0.25) is 0 Å². The third kappa shape index (κ3) is 4.50. The molecule has 0 radical (unpaired) electrons. The average Bonchev–Trinajstić information content (AvgIpc) is 2.86. The normalized spacial score (nSPS) is 12.4. The van der Waals surface area contributed by atoms with Crippen molar-refractivity contribution in [1.29, 1.82) is 0 Å². The Morgan fingerprint density at radius 2 is 1.81 bits per heavy atom. The first-order valence-electron chi connectivity index (χ1n) is 7.64. The number of hydrogen-bond donors (Lipinski definition) is 1. The molecule has 3 rings (SSSR count). The molecule has 2 aromatic carbocycles. The predicted octanol–water partition coefficient (Wildman–Crippen LogP) is 4.46. The van der Waals surface area contributed by atoms with Gasteiger partial charge in [-0.15, -0.1) is 11.3 Å². The molecule has 0 aliphatic carbocycles. The zero-order valence-corrected chi connectivity index (χ0v) is 18.3. The Labute approximate surface area is 169 Å². The van der Waals surface area contributed by atoms with Gasteiger partial charge in [-0.25, -0.2) is 21.2 Å². The van der Waals surface area contributed by atoms with Crippen LogP contribution in [-0.2, 0) is 25.6 Å². The van der Waals surface area contributed by atoms with Crippen LogP contribution in [0.5, 0.6) is 0 Å². The summed E-state index contributed by atoms with van der Waals surface area (Å²) in [5.41, 5.74) is 0.968. The van der Waals surface area contributed by atoms with Crippen molar-refractivity contribution in [3.63, 3.8) is 0 Å². The van der Waals surface area contributed by atoms with Crippen LogP contribution in [0.3, 0.4) is 0 Å². The lowest BCUT2D eigenvalue weighted by Gasteiger charge is -2.12. The highest BCUT2D eigenvalue weighted by atomic mass is 79.9. The third-order valence-electron chi connectivity index (χ3n) is 3.83. The summed E-state index contributed by atoms with van der Waals surface area (Å²) in [5.74, 6) is -0.746. The fourth-order valence-corrected chi connectivity index (χ4v) is 6.74. The minimum absolute atomic E-state index is 0.0660. The molecule has 0 unspecified atom stereocenters. The van der Waals surface area contributed by atoms with Crippen LogP contribution in [0.4, 0.5) is 10.1 Å². The molecule has 10 heteroatoms. The molecule has 0 atom stereocenters. The monoisotopic (exact) mass is 491 g/mol. The molecule has 1 aromatic heterocycles. The lowest BCUT2D eigenvalue weighted by atomic mass is 10.2. The Bertz CT molecular complexity index is 1250. The summed E-state index contributed by atoms with van der Waals surface area (Å²) in [6.45, 7) is 1.62. The quantitative estimate of drug-likeness (QED) is 0.571. The summed E-state index contributed by atoms with van der Waals surface area (Å²) in [7, 11) is -7.34. The number of thiophene rings is 1. The van der Waals surface area contributed by atoms with E-state index in [1.807, 2.05) is 0 Å². The smallest absolute Gasteiger partial charge is 0.271 e. The number of benzene rings is 2. The molecule has 1 heterocycles. The number of anilines is 1. The van der Waals surface area contributed by atoms with E-state index in [0.29, 0.717) is 25.7 Å². The number of aryl methyl sites for hydroxylation is 1. The van der Waals surface area contributed by atoms with Crippen molar-refractivity contribution in [2.75, 3.05) is 11.0 Å². The van der Waals surface area contributed by atoms with Crippen molar-refractivity contribution in [1.82, 2.24) is 0 Å². The minimum Gasteiger partial charge on any atom is -0.279 e. The second kappa shape index (κ2) is 7.16. The summed E-state index contributed by atoms with van der Waals surface area (Å²) < 4.78 is 66.5. The van der Waals surface area contributed by atoms with Crippen LogP contribution in [0.25, 0.3) is 10.1 Å². The summed E-state index contributed by atoms with van der Waals surface area (Å²) in [4.78, 5) is 0. The van der Waals surface area contributed by atoms with Crippen LogP contribution in [0.1, 0.15) is 11.1 Å². The van der Waals surface area contributed by atoms with Gasteiger partial charge in [0.25, 0.3) is 10.0 Å². The van der Waals surface area contributed by atoms with Gasteiger partial charge in [-0.1, -0.05) is 15.9 Å². The average molecular weight is 492 g/mol. The molecular weight excluding hydrogens is 477 g/mol. The molecule has 144 valence electrons. The van der Waals surface area contributed by atoms with Gasteiger partial charge in [-0.3, -0.25) is 4.72 Å². The number of halogens is 2. The Morgan fingerprint density at radius 3 is 2.48 bits per heavy atom. The Hall–Kier alpha value is -1.49. The van der Waals surface area contributed by atoms with Gasteiger partial charge in [0.05, 0.1) is 11.4 Å². The van der Waals surface area contributed by atoms with Crippen LogP contribution in [0, 0.1) is 12.7 Å². The summed E-state index contributed by atoms with van der Waals surface area (Å²) in [6, 6.07) is 8.80. The number of nitrogens with one attached hydrogen (secondary N) is 1. The van der Waals surface area contributed by atoms with Crippen molar-refractivity contribution in [2.24, 2.45) is 0 Å². The standard InChI is InChI=1S/C17H15BrFNO4S3/c1-10-14-8-13(19)4-6-16(14)25-17(10)27(23,24)20-15-5-3-12(18)7-11(15)9-26(2,21)22/h3-8,20H,9H2,1-2H3. The fraction of sp³-hybridized carbons (Fsp3) is 0.176. The zero-order valence-electron chi connectivity index (χ0n) is 14.3. The van der Waals surface area contributed by atoms with Crippen molar-refractivity contribution in [3.05, 3.63) is 57.8 Å². The summed E-state index contributed by atoms with van der Waals surface area (Å²) in [6.07, 6.45) is 1.08. The van der Waals surface area contributed by atoms with Gasteiger partial charge in [-0.05, 0) is 59.8 Å². The van der Waals surface area contributed by atoms with Crippen molar-refractivity contribution in [3.8, 4) is 0 Å². The van der Waals surface area contributed by atoms with E-state index in [0.717, 1.165) is 17.6 Å². The van der Waals surface area contributed by atoms with Crippen molar-refractivity contribution in [2.45, 2.75) is 16.9 Å².